The molecule has 0 spiro atoms. The molecule has 1 amide bonds. The Kier molecular flexibility index (Phi) is 8.16. The fourth-order valence-electron chi connectivity index (χ4n) is 4.23. The monoisotopic (exact) mass is 448 g/mol. The number of nitrogens with zero attached hydrogens (tertiary/aromatic N) is 3. The van der Waals surface area contributed by atoms with Crippen molar-refractivity contribution in [3.8, 4) is 0 Å². The van der Waals surface area contributed by atoms with Crippen molar-refractivity contribution >= 4 is 47.4 Å². The number of hydrogen-bond acceptors (Lipinski definition) is 3. The first-order chi connectivity index (χ1) is 13.5. The lowest BCUT2D eigenvalue weighted by Crippen LogP contribution is -2.40. The lowest BCUT2D eigenvalue weighted by Gasteiger charge is -2.33. The predicted octanol–water partition coefficient (Wildman–Crippen LogP) is 4.99. The van der Waals surface area contributed by atoms with Crippen molar-refractivity contribution < 1.29 is 4.79 Å². The summed E-state index contributed by atoms with van der Waals surface area (Å²) >= 11 is 0. The fraction of sp³-hybridized carbons (Fsp3) is 0.391. The number of carbonyl (C=O) groups excluding carboxylic acids is 1. The van der Waals surface area contributed by atoms with Crippen LogP contribution < -0.4 is 5.73 Å². The number of halogens is 2. The van der Waals surface area contributed by atoms with Crippen LogP contribution in [0.15, 0.2) is 48.5 Å². The van der Waals surface area contributed by atoms with E-state index >= 15 is 0 Å². The maximum absolute atomic E-state index is 12.9. The van der Waals surface area contributed by atoms with E-state index in [1.807, 2.05) is 35.2 Å². The highest BCUT2D eigenvalue weighted by Crippen LogP contribution is 2.31. The molecule has 1 unspecified atom stereocenters. The van der Waals surface area contributed by atoms with Gasteiger partial charge >= 0.3 is 0 Å². The number of likely N-dealkylation sites (tertiary alicyclic amines) is 1. The number of hydrogen-bond donors (Lipinski definition) is 1. The van der Waals surface area contributed by atoms with Crippen molar-refractivity contribution in [2.75, 3.05) is 18.8 Å². The standard InChI is InChI=1S/C23H28N4O.2ClH/c1-16(2)27-21-8-4-3-7-20(21)25-23(27)18-6-5-13-26(15-18)22(28)14-17-9-11-19(24)12-10-17;;/h3-4,7-12,16,18H,5-6,13-15,24H2,1-2H3;2*1H. The Morgan fingerprint density at radius 1 is 1.13 bits per heavy atom. The van der Waals surface area contributed by atoms with Crippen molar-refractivity contribution in [3.63, 3.8) is 0 Å². The average molecular weight is 449 g/mol. The average Bonchev–Trinajstić information content (AvgIpc) is 3.10. The molecule has 1 aromatic heterocycles. The molecule has 0 bridgehead atoms. The second-order valence-corrected chi connectivity index (χ2v) is 8.02. The van der Waals surface area contributed by atoms with Crippen molar-refractivity contribution in [1.29, 1.82) is 0 Å². The SMILES string of the molecule is CC(C)n1c(C2CCCN(C(=O)Cc3ccc(N)cc3)C2)nc2ccccc21.Cl.Cl. The number of carbonyl (C=O) groups is 1. The summed E-state index contributed by atoms with van der Waals surface area (Å²) in [7, 11) is 0. The van der Waals surface area contributed by atoms with Crippen LogP contribution in [0.2, 0.25) is 0 Å². The third kappa shape index (κ3) is 4.90. The topological polar surface area (TPSA) is 64.2 Å². The number of rotatable bonds is 4. The first-order valence-electron chi connectivity index (χ1n) is 10.1. The Balaban J connectivity index is 0.00000160. The Bertz CT molecular complexity index is 985. The molecular formula is C23H30Cl2N4O. The lowest BCUT2D eigenvalue weighted by molar-refractivity contribution is -0.131. The molecule has 1 aliphatic rings. The number of imidazole rings is 1. The molecule has 1 fully saturated rings. The van der Waals surface area contributed by atoms with Gasteiger partial charge in [-0.05, 0) is 56.5 Å². The Morgan fingerprint density at radius 3 is 2.53 bits per heavy atom. The predicted molar refractivity (Wildman–Crippen MR) is 128 cm³/mol. The number of amides is 1. The molecule has 2 N–H and O–H groups in total. The highest BCUT2D eigenvalue weighted by molar-refractivity contribution is 5.85. The van der Waals surface area contributed by atoms with E-state index in [-0.39, 0.29) is 36.6 Å². The van der Waals surface area contributed by atoms with Crippen LogP contribution in [0.5, 0.6) is 0 Å². The summed E-state index contributed by atoms with van der Waals surface area (Å²) in [6.07, 6.45) is 2.51. The number of benzene rings is 2. The molecule has 0 aliphatic carbocycles. The number of aromatic nitrogens is 2. The van der Waals surface area contributed by atoms with Crippen molar-refractivity contribution in [1.82, 2.24) is 14.5 Å². The molecule has 2 heterocycles. The first-order valence-corrected chi connectivity index (χ1v) is 10.1. The van der Waals surface area contributed by atoms with Gasteiger partial charge in [-0.2, -0.15) is 0 Å². The van der Waals surface area contributed by atoms with Gasteiger partial charge in [-0.15, -0.1) is 24.8 Å². The van der Waals surface area contributed by atoms with E-state index in [1.165, 1.54) is 5.52 Å². The summed E-state index contributed by atoms with van der Waals surface area (Å²) in [5, 5.41) is 0. The second kappa shape index (κ2) is 10.2. The molecule has 1 atom stereocenters. The van der Waals surface area contributed by atoms with Crippen LogP contribution in [-0.4, -0.2) is 33.4 Å². The minimum atomic E-state index is 0. The molecule has 3 aromatic rings. The summed E-state index contributed by atoms with van der Waals surface area (Å²) in [6.45, 7) is 5.96. The van der Waals surface area contributed by atoms with E-state index in [4.69, 9.17) is 10.7 Å². The lowest BCUT2D eigenvalue weighted by atomic mass is 9.96. The number of piperidine rings is 1. The van der Waals surface area contributed by atoms with Crippen LogP contribution in [0.1, 0.15) is 50.0 Å². The zero-order valence-electron chi connectivity index (χ0n) is 17.5. The van der Waals surface area contributed by atoms with E-state index in [9.17, 15) is 4.79 Å². The van der Waals surface area contributed by atoms with Gasteiger partial charge in [0.1, 0.15) is 5.82 Å². The molecule has 2 aromatic carbocycles. The number of nitrogens with two attached hydrogens (primary N) is 1. The number of anilines is 1. The van der Waals surface area contributed by atoms with Gasteiger partial charge in [-0.25, -0.2) is 4.98 Å². The maximum atomic E-state index is 12.9. The minimum absolute atomic E-state index is 0. The number of nitrogen functional groups attached to an aromatic ring is 1. The minimum Gasteiger partial charge on any atom is -0.399 e. The Morgan fingerprint density at radius 2 is 1.83 bits per heavy atom. The van der Waals surface area contributed by atoms with Gasteiger partial charge in [0.2, 0.25) is 5.91 Å². The summed E-state index contributed by atoms with van der Waals surface area (Å²) in [5.41, 5.74) is 9.70. The normalized spacial score (nSPS) is 16.2. The molecule has 0 radical (unpaired) electrons. The third-order valence-electron chi connectivity index (χ3n) is 5.61. The van der Waals surface area contributed by atoms with Gasteiger partial charge in [0.25, 0.3) is 0 Å². The summed E-state index contributed by atoms with van der Waals surface area (Å²) < 4.78 is 2.34. The summed E-state index contributed by atoms with van der Waals surface area (Å²) in [4.78, 5) is 19.9. The molecule has 1 aliphatic heterocycles. The Labute approximate surface area is 190 Å². The maximum Gasteiger partial charge on any atom is 0.227 e. The zero-order chi connectivity index (χ0) is 19.7. The van der Waals surface area contributed by atoms with Gasteiger partial charge in [0, 0.05) is 30.7 Å². The highest BCUT2D eigenvalue weighted by Gasteiger charge is 2.29. The Hall–Kier alpha value is -2.24. The zero-order valence-corrected chi connectivity index (χ0v) is 19.1. The molecule has 0 saturated carbocycles. The molecule has 5 nitrogen and oxygen atoms in total. The van der Waals surface area contributed by atoms with Crippen molar-refractivity contribution in [2.24, 2.45) is 0 Å². The van der Waals surface area contributed by atoms with Gasteiger partial charge < -0.3 is 15.2 Å². The van der Waals surface area contributed by atoms with Crippen LogP contribution in [0.3, 0.4) is 0 Å². The highest BCUT2D eigenvalue weighted by atomic mass is 35.5. The van der Waals surface area contributed by atoms with E-state index in [2.05, 4.69) is 36.6 Å². The van der Waals surface area contributed by atoms with Gasteiger partial charge in [-0.1, -0.05) is 24.3 Å². The number of fused-ring (bicyclic) bond motifs is 1. The third-order valence-corrected chi connectivity index (χ3v) is 5.61. The van der Waals surface area contributed by atoms with E-state index < -0.39 is 0 Å². The number of para-hydroxylation sites is 2. The van der Waals surface area contributed by atoms with Crippen LogP contribution >= 0.6 is 24.8 Å². The largest absolute Gasteiger partial charge is 0.399 e. The summed E-state index contributed by atoms with van der Waals surface area (Å²) in [5.74, 6) is 1.57. The molecule has 1 saturated heterocycles. The molecule has 4 rings (SSSR count). The molecular weight excluding hydrogens is 419 g/mol. The smallest absolute Gasteiger partial charge is 0.227 e. The van der Waals surface area contributed by atoms with Gasteiger partial charge in [0.15, 0.2) is 0 Å². The van der Waals surface area contributed by atoms with E-state index in [0.29, 0.717) is 12.5 Å². The molecule has 7 heteroatoms. The van der Waals surface area contributed by atoms with Gasteiger partial charge in [-0.3, -0.25) is 4.79 Å². The van der Waals surface area contributed by atoms with E-state index in [1.54, 1.807) is 0 Å². The van der Waals surface area contributed by atoms with Crippen molar-refractivity contribution in [3.05, 3.63) is 59.9 Å². The fourth-order valence-corrected chi connectivity index (χ4v) is 4.23. The van der Waals surface area contributed by atoms with Gasteiger partial charge in [0.05, 0.1) is 17.5 Å². The van der Waals surface area contributed by atoms with Crippen LogP contribution in [0, 0.1) is 0 Å². The summed E-state index contributed by atoms with van der Waals surface area (Å²) in [6, 6.07) is 16.2. The quantitative estimate of drug-likeness (QED) is 0.571. The van der Waals surface area contributed by atoms with Crippen molar-refractivity contribution in [2.45, 2.75) is 45.1 Å². The van der Waals surface area contributed by atoms with Crippen LogP contribution in [-0.2, 0) is 11.2 Å². The van der Waals surface area contributed by atoms with E-state index in [0.717, 1.165) is 48.5 Å². The molecule has 162 valence electrons. The molecule has 30 heavy (non-hydrogen) atoms. The van der Waals surface area contributed by atoms with Crippen LogP contribution in [0.4, 0.5) is 5.69 Å². The first kappa shape index (κ1) is 24.0. The second-order valence-electron chi connectivity index (χ2n) is 8.02. The van der Waals surface area contributed by atoms with Crippen LogP contribution in [0.25, 0.3) is 11.0 Å².